The van der Waals surface area contributed by atoms with Gasteiger partial charge in [0.15, 0.2) is 5.78 Å². The lowest BCUT2D eigenvalue weighted by Crippen LogP contribution is -2.52. The van der Waals surface area contributed by atoms with E-state index in [2.05, 4.69) is 5.32 Å². The zero-order valence-electron chi connectivity index (χ0n) is 22.7. The Morgan fingerprint density at radius 1 is 1.19 bits per heavy atom. The predicted octanol–water partition coefficient (Wildman–Crippen LogP) is 3.34. The van der Waals surface area contributed by atoms with Gasteiger partial charge in [0, 0.05) is 19.2 Å². The van der Waals surface area contributed by atoms with E-state index in [1.165, 1.54) is 6.92 Å². The third-order valence-corrected chi connectivity index (χ3v) is 6.33. The van der Waals surface area contributed by atoms with Crippen molar-refractivity contribution in [2.75, 3.05) is 18.6 Å². The number of Topliss-reactive ketones (excluding diaryl/α,β-unsaturated/α-hetero) is 1. The Labute approximate surface area is 214 Å². The monoisotopic (exact) mass is 508 g/mol. The number of ether oxygens (including phenoxy) is 1. The van der Waals surface area contributed by atoms with E-state index in [1.54, 1.807) is 17.6 Å². The summed E-state index contributed by atoms with van der Waals surface area (Å²) in [5, 5.41) is 11.9. The number of carbonyl (C=O) groups is 3. The number of fused-ring (bicyclic) bond motifs is 1. The molecule has 0 saturated carbocycles. The highest BCUT2D eigenvalue weighted by Gasteiger charge is 2.36. The van der Waals surface area contributed by atoms with Crippen LogP contribution in [0.1, 0.15) is 65.5 Å². The number of nitrogens with zero attached hydrogens (tertiary/aromatic N) is 1. The predicted molar refractivity (Wildman–Crippen MR) is 138 cm³/mol. The number of ketones is 1. The first-order valence-electron chi connectivity index (χ1n) is 12.2. The molecule has 2 amide bonds. The van der Waals surface area contributed by atoms with Crippen LogP contribution in [-0.2, 0) is 37.0 Å². The van der Waals surface area contributed by atoms with Gasteiger partial charge in [0.1, 0.15) is 0 Å². The van der Waals surface area contributed by atoms with Gasteiger partial charge < -0.3 is 21.1 Å². The summed E-state index contributed by atoms with van der Waals surface area (Å²) in [6.45, 7) is 11.4. The van der Waals surface area contributed by atoms with Crippen molar-refractivity contribution in [3.05, 3.63) is 29.3 Å². The molecular formula is C26H44N4O6. The Kier molecular flexibility index (Phi) is 12.1. The molecule has 3 atom stereocenters. The zero-order chi connectivity index (χ0) is 26.3. The summed E-state index contributed by atoms with van der Waals surface area (Å²) >= 11 is 0. The summed E-state index contributed by atoms with van der Waals surface area (Å²) in [6.07, 6.45) is 0.973. The number of anilines is 1. The van der Waals surface area contributed by atoms with Gasteiger partial charge in [-0.05, 0) is 48.3 Å². The molecule has 1 aromatic carbocycles. The summed E-state index contributed by atoms with van der Waals surface area (Å²) in [4.78, 5) is 44.3. The van der Waals surface area contributed by atoms with Crippen LogP contribution < -0.4 is 22.0 Å². The standard InChI is InChI=1S/C26H41N3O6.H3N/c1-16(2)12-20(25(32)27-24(17(3)30)26(4,5)6)22(15-35-28-33)34-14-18-8-10-21-19(13-18)9-11-23(31)29(21)7;/h8,10,13,16,20,22,24,28,33H,9,11-12,14-15H2,1-7H3,(H,27,32);1H3/t20-,22?,24-;/m1./s1. The van der Waals surface area contributed by atoms with E-state index < -0.39 is 23.5 Å². The molecule has 10 nitrogen and oxygen atoms in total. The van der Waals surface area contributed by atoms with E-state index in [9.17, 15) is 14.4 Å². The highest BCUT2D eigenvalue weighted by atomic mass is 16.8. The fraction of sp³-hybridized carbons (Fsp3) is 0.654. The van der Waals surface area contributed by atoms with E-state index in [4.69, 9.17) is 14.8 Å². The normalized spacial score (nSPS) is 16.1. The number of benzene rings is 1. The van der Waals surface area contributed by atoms with Crippen molar-refractivity contribution in [1.29, 1.82) is 0 Å². The van der Waals surface area contributed by atoms with Gasteiger partial charge in [0.05, 0.1) is 31.3 Å². The molecule has 204 valence electrons. The lowest BCUT2D eigenvalue weighted by Gasteiger charge is -2.33. The highest BCUT2D eigenvalue weighted by Crippen LogP contribution is 2.29. The SMILES string of the molecule is CC(=O)[C@@H](NC(=O)[C@H](CC(C)C)C(CONO)OCc1ccc2c(c1)CCC(=O)N2C)C(C)(C)C.N. The van der Waals surface area contributed by atoms with Gasteiger partial charge in [-0.1, -0.05) is 52.4 Å². The van der Waals surface area contributed by atoms with E-state index in [1.807, 2.05) is 52.8 Å². The van der Waals surface area contributed by atoms with Crippen LogP contribution in [-0.4, -0.2) is 48.6 Å². The van der Waals surface area contributed by atoms with Crippen LogP contribution in [0.5, 0.6) is 0 Å². The second-order valence-corrected chi connectivity index (χ2v) is 10.8. The van der Waals surface area contributed by atoms with Gasteiger partial charge in [-0.25, -0.2) is 0 Å². The smallest absolute Gasteiger partial charge is 0.227 e. The van der Waals surface area contributed by atoms with Crippen LogP contribution in [0.15, 0.2) is 18.2 Å². The van der Waals surface area contributed by atoms with Crippen molar-refractivity contribution < 1.29 is 29.2 Å². The van der Waals surface area contributed by atoms with Crippen LogP contribution in [0.2, 0.25) is 0 Å². The maximum absolute atomic E-state index is 13.4. The minimum atomic E-state index is -0.676. The quantitative estimate of drug-likeness (QED) is 0.314. The molecule has 0 bridgehead atoms. The van der Waals surface area contributed by atoms with E-state index >= 15 is 0 Å². The molecule has 0 saturated heterocycles. The second kappa shape index (κ2) is 13.8. The topological polar surface area (TPSA) is 152 Å². The molecule has 0 spiro atoms. The Hall–Kier alpha value is -2.37. The van der Waals surface area contributed by atoms with Gasteiger partial charge in [-0.15, -0.1) is 0 Å². The van der Waals surface area contributed by atoms with Crippen molar-refractivity contribution in [2.24, 2.45) is 17.3 Å². The molecule has 0 radical (unpaired) electrons. The molecule has 0 aromatic heterocycles. The van der Waals surface area contributed by atoms with Crippen molar-refractivity contribution in [3.8, 4) is 0 Å². The lowest BCUT2D eigenvalue weighted by atomic mass is 9.83. The summed E-state index contributed by atoms with van der Waals surface area (Å²) < 4.78 is 6.18. The van der Waals surface area contributed by atoms with Crippen LogP contribution in [0.25, 0.3) is 0 Å². The van der Waals surface area contributed by atoms with E-state index in [-0.39, 0.29) is 42.9 Å². The van der Waals surface area contributed by atoms with Crippen LogP contribution in [0.3, 0.4) is 0 Å². The Bertz CT molecular complexity index is 899. The first-order chi connectivity index (χ1) is 16.3. The minimum absolute atomic E-state index is 0. The number of nitrogens with one attached hydrogen (secondary N) is 2. The maximum Gasteiger partial charge on any atom is 0.227 e. The number of hydrogen-bond acceptors (Lipinski definition) is 8. The van der Waals surface area contributed by atoms with Gasteiger partial charge in [-0.2, -0.15) is 0 Å². The molecule has 1 aliphatic rings. The fourth-order valence-corrected chi connectivity index (χ4v) is 4.52. The number of hydrogen-bond donors (Lipinski definition) is 4. The number of aryl methyl sites for hydroxylation is 1. The van der Waals surface area contributed by atoms with Crippen molar-refractivity contribution >= 4 is 23.3 Å². The first kappa shape index (κ1) is 31.7. The molecule has 36 heavy (non-hydrogen) atoms. The third kappa shape index (κ3) is 8.63. The first-order valence-corrected chi connectivity index (χ1v) is 12.2. The van der Waals surface area contributed by atoms with E-state index in [0.29, 0.717) is 19.3 Å². The maximum atomic E-state index is 13.4. The molecule has 6 N–H and O–H groups in total. The molecular weight excluding hydrogens is 464 g/mol. The van der Waals surface area contributed by atoms with Gasteiger partial charge in [0.2, 0.25) is 11.8 Å². The largest absolute Gasteiger partial charge is 0.370 e. The lowest BCUT2D eigenvalue weighted by molar-refractivity contribution is -0.170. The van der Waals surface area contributed by atoms with Crippen molar-refractivity contribution in [3.63, 3.8) is 0 Å². The third-order valence-electron chi connectivity index (χ3n) is 6.33. The number of rotatable bonds is 12. The van der Waals surface area contributed by atoms with E-state index in [0.717, 1.165) is 16.8 Å². The Balaban J connectivity index is 0.00000648. The van der Waals surface area contributed by atoms with Crippen LogP contribution >= 0.6 is 0 Å². The molecule has 1 aliphatic heterocycles. The highest BCUT2D eigenvalue weighted by molar-refractivity contribution is 5.95. The average Bonchev–Trinajstić information content (AvgIpc) is 2.77. The van der Waals surface area contributed by atoms with Crippen LogP contribution in [0.4, 0.5) is 5.69 Å². The molecule has 1 unspecified atom stereocenters. The number of amides is 2. The van der Waals surface area contributed by atoms with Gasteiger partial charge >= 0.3 is 0 Å². The summed E-state index contributed by atoms with van der Waals surface area (Å²) in [5.41, 5.74) is 4.11. The average molecular weight is 509 g/mol. The number of carbonyl (C=O) groups excluding carboxylic acids is 3. The fourth-order valence-electron chi connectivity index (χ4n) is 4.52. The second-order valence-electron chi connectivity index (χ2n) is 10.8. The molecule has 10 heteroatoms. The van der Waals surface area contributed by atoms with Crippen LogP contribution in [0, 0.1) is 17.3 Å². The molecule has 2 rings (SSSR count). The summed E-state index contributed by atoms with van der Waals surface area (Å²) in [7, 11) is 1.77. The summed E-state index contributed by atoms with van der Waals surface area (Å²) in [6, 6.07) is 5.19. The molecule has 0 aliphatic carbocycles. The molecule has 1 heterocycles. The Morgan fingerprint density at radius 3 is 2.42 bits per heavy atom. The van der Waals surface area contributed by atoms with Crippen molar-refractivity contribution in [2.45, 2.75) is 79.6 Å². The van der Waals surface area contributed by atoms with Crippen molar-refractivity contribution in [1.82, 2.24) is 17.1 Å². The summed E-state index contributed by atoms with van der Waals surface area (Å²) in [5.74, 6) is -0.727. The molecule has 1 aromatic rings. The van der Waals surface area contributed by atoms with Gasteiger partial charge in [0.25, 0.3) is 0 Å². The molecule has 0 fully saturated rings. The minimum Gasteiger partial charge on any atom is -0.370 e. The Morgan fingerprint density at radius 2 is 1.86 bits per heavy atom. The van der Waals surface area contributed by atoms with Gasteiger partial charge in [-0.3, -0.25) is 24.4 Å². The zero-order valence-corrected chi connectivity index (χ0v) is 22.7.